The molecule has 17 heavy (non-hydrogen) atoms. The first-order valence-electron chi connectivity index (χ1n) is 4.93. The molecule has 0 unspecified atom stereocenters. The van der Waals surface area contributed by atoms with Crippen molar-refractivity contribution in [1.82, 2.24) is 9.88 Å². The summed E-state index contributed by atoms with van der Waals surface area (Å²) in [4.78, 5) is 27.7. The Morgan fingerprint density at radius 3 is 3.06 bits per heavy atom. The smallest absolute Gasteiger partial charge is 0.323 e. The van der Waals surface area contributed by atoms with Gasteiger partial charge in [-0.3, -0.25) is 19.5 Å². The van der Waals surface area contributed by atoms with Gasteiger partial charge >= 0.3 is 5.97 Å². The molecule has 2 rings (SSSR count). The Morgan fingerprint density at radius 2 is 2.41 bits per heavy atom. The van der Waals surface area contributed by atoms with Crippen LogP contribution in [0.5, 0.6) is 0 Å². The zero-order chi connectivity index (χ0) is 12.3. The van der Waals surface area contributed by atoms with Crippen molar-refractivity contribution in [3.63, 3.8) is 0 Å². The van der Waals surface area contributed by atoms with E-state index in [0.717, 1.165) is 5.56 Å². The van der Waals surface area contributed by atoms with Crippen LogP contribution in [0.4, 0.5) is 0 Å². The topological polar surface area (TPSA) is 70.5 Å². The second-order valence-electron chi connectivity index (χ2n) is 3.43. The summed E-state index contributed by atoms with van der Waals surface area (Å²) in [7, 11) is 0. The predicted octanol–water partition coefficient (Wildman–Crippen LogP) is 1.04. The van der Waals surface area contributed by atoms with Crippen LogP contribution in [0.3, 0.4) is 0 Å². The Labute approximate surface area is 102 Å². The summed E-state index contributed by atoms with van der Waals surface area (Å²) < 4.78 is 0. The molecule has 2 heterocycles. The van der Waals surface area contributed by atoms with Crippen molar-refractivity contribution in [2.45, 2.75) is 0 Å². The fraction of sp³-hybridized carbons (Fsp3) is 0.182. The van der Waals surface area contributed by atoms with E-state index in [2.05, 4.69) is 4.98 Å². The molecule has 0 bridgehead atoms. The number of carbonyl (C=O) groups is 2. The standard InChI is InChI=1S/C11H10N2O3S/c14-10-7-17-6-9(13(10)5-11(15)16)8-2-1-3-12-4-8/h1-4,6H,5,7H2,(H,15,16). The lowest BCUT2D eigenvalue weighted by Gasteiger charge is -2.26. The van der Waals surface area contributed by atoms with Gasteiger partial charge in [0.25, 0.3) is 0 Å². The Hall–Kier alpha value is -1.82. The zero-order valence-electron chi connectivity index (χ0n) is 8.87. The molecule has 6 heteroatoms. The monoisotopic (exact) mass is 250 g/mol. The normalized spacial score (nSPS) is 15.6. The maximum Gasteiger partial charge on any atom is 0.323 e. The van der Waals surface area contributed by atoms with E-state index in [1.807, 2.05) is 0 Å². The number of nitrogens with zero attached hydrogens (tertiary/aromatic N) is 2. The number of aliphatic carboxylic acids is 1. The molecule has 1 amide bonds. The van der Waals surface area contributed by atoms with Gasteiger partial charge in [0, 0.05) is 18.0 Å². The molecule has 0 atom stereocenters. The fourth-order valence-corrected chi connectivity index (χ4v) is 2.32. The van der Waals surface area contributed by atoms with E-state index in [0.29, 0.717) is 5.70 Å². The molecule has 0 saturated heterocycles. The number of hydrogen-bond acceptors (Lipinski definition) is 4. The van der Waals surface area contributed by atoms with Gasteiger partial charge in [0.1, 0.15) is 6.54 Å². The number of carbonyl (C=O) groups excluding carboxylic acids is 1. The summed E-state index contributed by atoms with van der Waals surface area (Å²) in [6.07, 6.45) is 3.24. The quantitative estimate of drug-likeness (QED) is 0.868. The van der Waals surface area contributed by atoms with E-state index in [1.165, 1.54) is 16.7 Å². The van der Waals surface area contributed by atoms with E-state index in [1.54, 1.807) is 29.9 Å². The molecular weight excluding hydrogens is 240 g/mol. The number of rotatable bonds is 3. The van der Waals surface area contributed by atoms with Crippen molar-refractivity contribution in [2.24, 2.45) is 0 Å². The first-order chi connectivity index (χ1) is 8.18. The van der Waals surface area contributed by atoms with Crippen LogP contribution in [-0.4, -0.2) is 39.2 Å². The van der Waals surface area contributed by atoms with E-state index in [9.17, 15) is 9.59 Å². The minimum Gasteiger partial charge on any atom is -0.480 e. The molecule has 5 nitrogen and oxygen atoms in total. The molecule has 0 radical (unpaired) electrons. The number of hydrogen-bond donors (Lipinski definition) is 1. The van der Waals surface area contributed by atoms with Gasteiger partial charge in [0.15, 0.2) is 0 Å². The van der Waals surface area contributed by atoms with Gasteiger partial charge in [-0.2, -0.15) is 0 Å². The molecule has 0 fully saturated rings. The Bertz CT molecular complexity index is 473. The molecule has 0 aromatic carbocycles. The van der Waals surface area contributed by atoms with Crippen molar-refractivity contribution < 1.29 is 14.7 Å². The highest BCUT2D eigenvalue weighted by Gasteiger charge is 2.25. The number of pyridine rings is 1. The average Bonchev–Trinajstić information content (AvgIpc) is 2.32. The van der Waals surface area contributed by atoms with Gasteiger partial charge < -0.3 is 5.11 Å². The Kier molecular flexibility index (Phi) is 3.43. The van der Waals surface area contributed by atoms with Crippen LogP contribution < -0.4 is 0 Å². The molecule has 1 N–H and O–H groups in total. The van der Waals surface area contributed by atoms with E-state index >= 15 is 0 Å². The van der Waals surface area contributed by atoms with Crippen LogP contribution in [0, 0.1) is 0 Å². The van der Waals surface area contributed by atoms with Crippen molar-refractivity contribution in [3.8, 4) is 0 Å². The van der Waals surface area contributed by atoms with Crippen LogP contribution in [0.2, 0.25) is 0 Å². The minimum atomic E-state index is -1.03. The molecule has 1 aromatic heterocycles. The summed E-state index contributed by atoms with van der Waals surface area (Å²) in [6.45, 7) is -0.319. The third-order valence-corrected chi connectivity index (χ3v) is 3.05. The zero-order valence-corrected chi connectivity index (χ0v) is 9.68. The van der Waals surface area contributed by atoms with Crippen molar-refractivity contribution in [2.75, 3.05) is 12.3 Å². The summed E-state index contributed by atoms with van der Waals surface area (Å²) in [5.41, 5.74) is 1.34. The largest absolute Gasteiger partial charge is 0.480 e. The summed E-state index contributed by atoms with van der Waals surface area (Å²) in [5, 5.41) is 10.6. The molecule has 1 aromatic rings. The van der Waals surface area contributed by atoms with E-state index < -0.39 is 5.97 Å². The fourth-order valence-electron chi connectivity index (χ4n) is 1.51. The van der Waals surface area contributed by atoms with Crippen molar-refractivity contribution in [1.29, 1.82) is 0 Å². The van der Waals surface area contributed by atoms with Crippen LogP contribution in [-0.2, 0) is 9.59 Å². The maximum atomic E-state index is 11.7. The van der Waals surface area contributed by atoms with Gasteiger partial charge in [0.2, 0.25) is 5.91 Å². The molecule has 0 saturated carbocycles. The number of carboxylic acid groups (broad SMARTS) is 1. The highest BCUT2D eigenvalue weighted by molar-refractivity contribution is 8.03. The van der Waals surface area contributed by atoms with Gasteiger partial charge in [-0.05, 0) is 17.5 Å². The van der Waals surface area contributed by atoms with E-state index in [-0.39, 0.29) is 18.2 Å². The van der Waals surface area contributed by atoms with Gasteiger partial charge in [-0.15, -0.1) is 11.8 Å². The van der Waals surface area contributed by atoms with Crippen LogP contribution in [0.25, 0.3) is 5.70 Å². The number of carboxylic acids is 1. The number of thioether (sulfide) groups is 1. The van der Waals surface area contributed by atoms with Crippen molar-refractivity contribution in [3.05, 3.63) is 35.5 Å². The van der Waals surface area contributed by atoms with Gasteiger partial charge in [0.05, 0.1) is 11.4 Å². The summed E-state index contributed by atoms with van der Waals surface area (Å²) in [5.74, 6) is -0.948. The SMILES string of the molecule is O=C(O)CN1C(=O)CSC=C1c1cccnc1. The van der Waals surface area contributed by atoms with Gasteiger partial charge in [-0.25, -0.2) is 0 Å². The van der Waals surface area contributed by atoms with Gasteiger partial charge in [-0.1, -0.05) is 0 Å². The molecule has 1 aliphatic heterocycles. The third-order valence-electron chi connectivity index (χ3n) is 2.24. The van der Waals surface area contributed by atoms with Crippen LogP contribution >= 0.6 is 11.8 Å². The molecule has 0 spiro atoms. The highest BCUT2D eigenvalue weighted by Crippen LogP contribution is 2.27. The minimum absolute atomic E-state index is 0.196. The molecule has 0 aliphatic carbocycles. The van der Waals surface area contributed by atoms with Crippen molar-refractivity contribution >= 4 is 29.3 Å². The average molecular weight is 250 g/mol. The Balaban J connectivity index is 2.33. The maximum absolute atomic E-state index is 11.7. The lowest BCUT2D eigenvalue weighted by Crippen LogP contribution is -2.37. The summed E-state index contributed by atoms with van der Waals surface area (Å²) in [6, 6.07) is 3.55. The number of aromatic nitrogens is 1. The first kappa shape index (κ1) is 11.7. The third kappa shape index (κ3) is 2.65. The molecule has 1 aliphatic rings. The lowest BCUT2D eigenvalue weighted by molar-refractivity contribution is -0.141. The second kappa shape index (κ2) is 5.01. The summed E-state index contributed by atoms with van der Waals surface area (Å²) >= 11 is 1.36. The Morgan fingerprint density at radius 1 is 1.59 bits per heavy atom. The first-order valence-corrected chi connectivity index (χ1v) is 5.97. The van der Waals surface area contributed by atoms with Crippen LogP contribution in [0.15, 0.2) is 29.9 Å². The van der Waals surface area contributed by atoms with E-state index in [4.69, 9.17) is 5.11 Å². The molecule has 88 valence electrons. The number of amides is 1. The second-order valence-corrected chi connectivity index (χ2v) is 4.29. The highest BCUT2D eigenvalue weighted by atomic mass is 32.2. The molecular formula is C11H10N2O3S. The van der Waals surface area contributed by atoms with Crippen LogP contribution in [0.1, 0.15) is 5.56 Å². The predicted molar refractivity (Wildman–Crippen MR) is 64.0 cm³/mol. The lowest BCUT2D eigenvalue weighted by atomic mass is 10.2.